The lowest BCUT2D eigenvalue weighted by molar-refractivity contribution is 0.640. The van der Waals surface area contributed by atoms with Gasteiger partial charge in [0, 0.05) is 24.2 Å². The van der Waals surface area contributed by atoms with Crippen molar-refractivity contribution < 1.29 is 0 Å². The summed E-state index contributed by atoms with van der Waals surface area (Å²) in [6.45, 7) is 5.32. The van der Waals surface area contributed by atoms with Crippen molar-refractivity contribution >= 4 is 23.4 Å². The molecule has 0 saturated heterocycles. The van der Waals surface area contributed by atoms with Crippen LogP contribution in [0.25, 0.3) is 0 Å². The average molecular weight is 208 g/mol. The summed E-state index contributed by atoms with van der Waals surface area (Å²) in [5.74, 6) is 2.99. The molecule has 0 amide bonds. The van der Waals surface area contributed by atoms with Gasteiger partial charge in [0.1, 0.15) is 0 Å². The minimum absolute atomic E-state index is 0.593. The highest BCUT2D eigenvalue weighted by molar-refractivity contribution is 7.99. The molecule has 0 rings (SSSR count). The Morgan fingerprint density at radius 3 is 2.83 bits per heavy atom. The molecule has 0 saturated carbocycles. The average Bonchev–Trinajstić information content (AvgIpc) is 2.09. The van der Waals surface area contributed by atoms with E-state index in [4.69, 9.17) is 11.6 Å². The van der Waals surface area contributed by atoms with Crippen LogP contribution in [-0.2, 0) is 0 Å². The molecule has 0 bridgehead atoms. The largest absolute Gasteiger partial charge is 0.310 e. The van der Waals surface area contributed by atoms with Gasteiger partial charge in [-0.1, -0.05) is 19.1 Å². The van der Waals surface area contributed by atoms with Crippen molar-refractivity contribution in [2.45, 2.75) is 19.9 Å². The van der Waals surface area contributed by atoms with E-state index in [9.17, 15) is 0 Å². The zero-order valence-electron chi connectivity index (χ0n) is 7.85. The molecule has 3 heteroatoms. The number of thioether (sulfide) groups is 1. The van der Waals surface area contributed by atoms with Crippen LogP contribution in [0.4, 0.5) is 0 Å². The van der Waals surface area contributed by atoms with E-state index in [0.717, 1.165) is 6.54 Å². The van der Waals surface area contributed by atoms with Gasteiger partial charge in [-0.25, -0.2) is 0 Å². The van der Waals surface area contributed by atoms with Crippen LogP contribution in [0, 0.1) is 0 Å². The smallest absolute Gasteiger partial charge is 0.0404 e. The molecule has 0 aromatic heterocycles. The summed E-state index contributed by atoms with van der Waals surface area (Å²) in [4.78, 5) is 0. The van der Waals surface area contributed by atoms with E-state index in [1.165, 1.54) is 11.5 Å². The Hall–Kier alpha value is 0.340. The Morgan fingerprint density at radius 2 is 2.25 bits per heavy atom. The van der Waals surface area contributed by atoms with Gasteiger partial charge in [-0.05, 0) is 12.7 Å². The Balaban J connectivity index is 3.18. The van der Waals surface area contributed by atoms with Crippen LogP contribution in [0.3, 0.4) is 0 Å². The number of rotatable bonds is 7. The first kappa shape index (κ1) is 12.3. The van der Waals surface area contributed by atoms with Gasteiger partial charge in [0.2, 0.25) is 0 Å². The van der Waals surface area contributed by atoms with E-state index in [1.807, 2.05) is 17.8 Å². The van der Waals surface area contributed by atoms with Crippen LogP contribution in [-0.4, -0.2) is 30.0 Å². The maximum Gasteiger partial charge on any atom is 0.0404 e. The van der Waals surface area contributed by atoms with Gasteiger partial charge in [-0.3, -0.25) is 0 Å². The van der Waals surface area contributed by atoms with Crippen LogP contribution < -0.4 is 5.32 Å². The first-order chi connectivity index (χ1) is 5.81. The molecule has 0 heterocycles. The van der Waals surface area contributed by atoms with Crippen molar-refractivity contribution in [3.8, 4) is 0 Å². The van der Waals surface area contributed by atoms with E-state index >= 15 is 0 Å². The predicted molar refractivity (Wildman–Crippen MR) is 60.3 cm³/mol. The molecule has 1 nitrogen and oxygen atoms in total. The first-order valence-electron chi connectivity index (χ1n) is 4.33. The van der Waals surface area contributed by atoms with Gasteiger partial charge in [0.05, 0.1) is 0 Å². The number of halogens is 1. The fraction of sp³-hybridized carbons (Fsp3) is 0.778. The molecule has 0 aromatic rings. The third-order valence-corrected chi connectivity index (χ3v) is 2.73. The molecule has 12 heavy (non-hydrogen) atoms. The monoisotopic (exact) mass is 207 g/mol. The molecule has 0 aliphatic rings. The summed E-state index contributed by atoms with van der Waals surface area (Å²) in [6, 6.07) is 0.593. The molecule has 1 unspecified atom stereocenters. The zero-order chi connectivity index (χ0) is 9.23. The quantitative estimate of drug-likeness (QED) is 0.509. The number of nitrogens with one attached hydrogen (secondary N) is 1. The van der Waals surface area contributed by atoms with Crippen molar-refractivity contribution in [3.05, 3.63) is 12.2 Å². The maximum absolute atomic E-state index is 5.48. The van der Waals surface area contributed by atoms with Gasteiger partial charge < -0.3 is 5.32 Å². The van der Waals surface area contributed by atoms with Crippen molar-refractivity contribution in [3.63, 3.8) is 0 Å². The van der Waals surface area contributed by atoms with Crippen LogP contribution in [0.1, 0.15) is 13.8 Å². The highest BCUT2D eigenvalue weighted by Gasteiger charge is 1.97. The minimum atomic E-state index is 0.593. The Bertz CT molecular complexity index is 117. The third kappa shape index (κ3) is 8.44. The first-order valence-corrected chi connectivity index (χ1v) is 6.02. The van der Waals surface area contributed by atoms with Crippen LogP contribution >= 0.6 is 23.4 Å². The Kier molecular flexibility index (Phi) is 9.70. The molecular formula is C9H18ClNS. The van der Waals surface area contributed by atoms with E-state index in [-0.39, 0.29) is 0 Å². The molecule has 72 valence electrons. The van der Waals surface area contributed by atoms with Crippen molar-refractivity contribution in [1.82, 2.24) is 5.32 Å². The second-order valence-corrected chi connectivity index (χ2v) is 4.22. The summed E-state index contributed by atoms with van der Waals surface area (Å²) < 4.78 is 0. The zero-order valence-corrected chi connectivity index (χ0v) is 9.42. The lowest BCUT2D eigenvalue weighted by Crippen LogP contribution is -2.28. The standard InChI is InChI=1S/C9H18ClNS/c1-3-12-8-9(2)11-7-5-4-6-10/h4-5,9,11H,3,6-8H2,1-2H3/b5-4+. The molecule has 0 aliphatic heterocycles. The minimum Gasteiger partial charge on any atom is -0.310 e. The lowest BCUT2D eigenvalue weighted by Gasteiger charge is -2.10. The second-order valence-electron chi connectivity index (χ2n) is 2.59. The molecular weight excluding hydrogens is 190 g/mol. The van der Waals surface area contributed by atoms with Crippen LogP contribution in [0.5, 0.6) is 0 Å². The highest BCUT2D eigenvalue weighted by atomic mass is 35.5. The normalized spacial score (nSPS) is 13.9. The summed E-state index contributed by atoms with van der Waals surface area (Å²) in [5, 5.41) is 3.39. The number of hydrogen-bond donors (Lipinski definition) is 1. The van der Waals surface area contributed by atoms with E-state index in [1.54, 1.807) is 0 Å². The molecule has 1 atom stereocenters. The van der Waals surface area contributed by atoms with Gasteiger partial charge in [-0.15, -0.1) is 11.6 Å². The third-order valence-electron chi connectivity index (χ3n) is 1.41. The second kappa shape index (κ2) is 9.43. The molecule has 0 radical (unpaired) electrons. The highest BCUT2D eigenvalue weighted by Crippen LogP contribution is 2.00. The fourth-order valence-corrected chi connectivity index (χ4v) is 1.60. The molecule has 0 fully saturated rings. The SMILES string of the molecule is CCSCC(C)NC/C=C/CCl. The molecule has 0 aromatic carbocycles. The van der Waals surface area contributed by atoms with E-state index in [2.05, 4.69) is 25.2 Å². The van der Waals surface area contributed by atoms with Crippen molar-refractivity contribution in [2.24, 2.45) is 0 Å². The van der Waals surface area contributed by atoms with Crippen molar-refractivity contribution in [1.29, 1.82) is 0 Å². The predicted octanol–water partition coefficient (Wildman–Crippen LogP) is 2.51. The summed E-state index contributed by atoms with van der Waals surface area (Å²) in [6.07, 6.45) is 4.04. The van der Waals surface area contributed by atoms with Gasteiger partial charge in [0.15, 0.2) is 0 Å². The topological polar surface area (TPSA) is 12.0 Å². The van der Waals surface area contributed by atoms with Gasteiger partial charge in [-0.2, -0.15) is 11.8 Å². The van der Waals surface area contributed by atoms with Crippen molar-refractivity contribution in [2.75, 3.05) is 23.9 Å². The van der Waals surface area contributed by atoms with Gasteiger partial charge >= 0.3 is 0 Å². The van der Waals surface area contributed by atoms with E-state index < -0.39 is 0 Å². The van der Waals surface area contributed by atoms with Gasteiger partial charge in [0.25, 0.3) is 0 Å². The Morgan fingerprint density at radius 1 is 1.50 bits per heavy atom. The van der Waals surface area contributed by atoms with Crippen LogP contribution in [0.15, 0.2) is 12.2 Å². The number of alkyl halides is 1. The lowest BCUT2D eigenvalue weighted by atomic mass is 10.4. The number of hydrogen-bond acceptors (Lipinski definition) is 2. The molecule has 1 N–H and O–H groups in total. The molecule has 0 aliphatic carbocycles. The summed E-state index contributed by atoms with van der Waals surface area (Å²) >= 11 is 7.45. The molecule has 0 spiro atoms. The fourth-order valence-electron chi connectivity index (χ4n) is 0.769. The number of allylic oxidation sites excluding steroid dienone is 1. The van der Waals surface area contributed by atoms with E-state index in [0.29, 0.717) is 11.9 Å². The summed E-state index contributed by atoms with van der Waals surface area (Å²) in [5.41, 5.74) is 0. The maximum atomic E-state index is 5.48. The van der Waals surface area contributed by atoms with Crippen LogP contribution in [0.2, 0.25) is 0 Å². The summed E-state index contributed by atoms with van der Waals surface area (Å²) in [7, 11) is 0. The Labute approximate surface area is 84.9 Å².